The third-order valence-corrected chi connectivity index (χ3v) is 5.01. The molecular formula is C17H22N2O. The van der Waals surface area contributed by atoms with Gasteiger partial charge in [0, 0.05) is 29.7 Å². The summed E-state index contributed by atoms with van der Waals surface area (Å²) in [7, 11) is 0. The fourth-order valence-electron chi connectivity index (χ4n) is 3.83. The van der Waals surface area contributed by atoms with Gasteiger partial charge in [-0.2, -0.15) is 5.26 Å². The predicted molar refractivity (Wildman–Crippen MR) is 79.5 cm³/mol. The summed E-state index contributed by atoms with van der Waals surface area (Å²) >= 11 is 0. The van der Waals surface area contributed by atoms with E-state index < -0.39 is 0 Å². The zero-order valence-corrected chi connectivity index (χ0v) is 12.4. The molecule has 0 radical (unpaired) electrons. The van der Waals surface area contributed by atoms with Crippen LogP contribution in [0.4, 0.5) is 5.69 Å². The van der Waals surface area contributed by atoms with Crippen LogP contribution in [0.5, 0.6) is 0 Å². The Morgan fingerprint density at radius 2 is 2.20 bits per heavy atom. The van der Waals surface area contributed by atoms with Gasteiger partial charge in [-0.15, -0.1) is 0 Å². The van der Waals surface area contributed by atoms with Crippen LogP contribution in [-0.4, -0.2) is 18.8 Å². The average Bonchev–Trinajstić information content (AvgIpc) is 2.46. The first-order chi connectivity index (χ1) is 9.54. The lowest BCUT2D eigenvalue weighted by atomic mass is 9.55. The summed E-state index contributed by atoms with van der Waals surface area (Å²) in [4.78, 5) is 0. The summed E-state index contributed by atoms with van der Waals surface area (Å²) in [6, 6.07) is 8.50. The van der Waals surface area contributed by atoms with Crippen molar-refractivity contribution in [3.05, 3.63) is 29.3 Å². The molecule has 1 saturated heterocycles. The van der Waals surface area contributed by atoms with Crippen molar-refractivity contribution in [1.82, 2.24) is 0 Å². The van der Waals surface area contributed by atoms with E-state index in [2.05, 4.69) is 32.2 Å². The molecule has 3 heteroatoms. The third-order valence-electron chi connectivity index (χ3n) is 5.01. The number of hydrogen-bond donors (Lipinski definition) is 1. The second-order valence-corrected chi connectivity index (χ2v) is 6.68. The number of nitriles is 1. The Morgan fingerprint density at radius 3 is 2.95 bits per heavy atom. The van der Waals surface area contributed by atoms with Gasteiger partial charge in [0.1, 0.15) is 0 Å². The van der Waals surface area contributed by atoms with Gasteiger partial charge in [-0.25, -0.2) is 0 Å². The van der Waals surface area contributed by atoms with Crippen LogP contribution in [0, 0.1) is 29.6 Å². The Balaban J connectivity index is 1.83. The van der Waals surface area contributed by atoms with E-state index in [-0.39, 0.29) is 5.41 Å². The zero-order valence-electron chi connectivity index (χ0n) is 12.4. The molecule has 0 spiro atoms. The molecule has 1 aliphatic carbocycles. The van der Waals surface area contributed by atoms with E-state index in [9.17, 15) is 0 Å². The molecular weight excluding hydrogens is 248 g/mol. The van der Waals surface area contributed by atoms with Gasteiger partial charge < -0.3 is 10.1 Å². The van der Waals surface area contributed by atoms with Gasteiger partial charge in [0.2, 0.25) is 0 Å². The number of ether oxygens (including phenoxy) is 1. The minimum absolute atomic E-state index is 0.153. The number of hydrogen-bond acceptors (Lipinski definition) is 3. The highest BCUT2D eigenvalue weighted by Gasteiger charge is 2.57. The van der Waals surface area contributed by atoms with Crippen molar-refractivity contribution in [3.8, 4) is 6.07 Å². The second kappa shape index (κ2) is 4.79. The molecule has 1 heterocycles. The fourth-order valence-corrected chi connectivity index (χ4v) is 3.83. The number of benzene rings is 1. The van der Waals surface area contributed by atoms with E-state index in [1.165, 1.54) is 12.0 Å². The number of rotatable bonds is 2. The van der Waals surface area contributed by atoms with E-state index in [1.807, 2.05) is 18.2 Å². The number of aryl methyl sites for hydroxylation is 1. The number of nitrogens with one attached hydrogen (secondary N) is 1. The first-order valence-corrected chi connectivity index (χ1v) is 7.43. The van der Waals surface area contributed by atoms with Crippen molar-refractivity contribution in [1.29, 1.82) is 5.26 Å². The average molecular weight is 270 g/mol. The highest BCUT2D eigenvalue weighted by Crippen LogP contribution is 2.52. The largest absolute Gasteiger partial charge is 0.381 e. The summed E-state index contributed by atoms with van der Waals surface area (Å²) in [5.41, 5.74) is 3.15. The van der Waals surface area contributed by atoms with Gasteiger partial charge in [0.25, 0.3) is 0 Å². The van der Waals surface area contributed by atoms with Gasteiger partial charge >= 0.3 is 0 Å². The first kappa shape index (κ1) is 13.5. The summed E-state index contributed by atoms with van der Waals surface area (Å²) in [5.74, 6) is 0.601. The monoisotopic (exact) mass is 270 g/mol. The molecule has 1 aromatic carbocycles. The predicted octanol–water partition coefficient (Wildman–Crippen LogP) is 3.48. The molecule has 2 aliphatic rings. The SMILES string of the molecule is Cc1ccc(C#N)cc1NC1C2CCCOC2C1(C)C. The van der Waals surface area contributed by atoms with Gasteiger partial charge in [-0.05, 0) is 37.5 Å². The summed E-state index contributed by atoms with van der Waals surface area (Å²) in [5, 5.41) is 12.7. The van der Waals surface area contributed by atoms with Crippen LogP contribution < -0.4 is 5.32 Å². The van der Waals surface area contributed by atoms with Gasteiger partial charge in [-0.1, -0.05) is 19.9 Å². The summed E-state index contributed by atoms with van der Waals surface area (Å²) in [6.07, 6.45) is 2.78. The Bertz CT molecular complexity index is 559. The first-order valence-electron chi connectivity index (χ1n) is 7.43. The maximum absolute atomic E-state index is 9.05. The van der Waals surface area contributed by atoms with Crippen molar-refractivity contribution in [3.63, 3.8) is 0 Å². The van der Waals surface area contributed by atoms with Crippen molar-refractivity contribution in [2.24, 2.45) is 11.3 Å². The molecule has 1 aromatic rings. The number of nitrogens with zero attached hydrogens (tertiary/aromatic N) is 1. The van der Waals surface area contributed by atoms with E-state index in [4.69, 9.17) is 10.00 Å². The molecule has 20 heavy (non-hydrogen) atoms. The van der Waals surface area contributed by atoms with Gasteiger partial charge in [0.05, 0.1) is 17.7 Å². The lowest BCUT2D eigenvalue weighted by molar-refractivity contribution is -0.177. The fraction of sp³-hybridized carbons (Fsp3) is 0.588. The summed E-state index contributed by atoms with van der Waals surface area (Å²) < 4.78 is 5.94. The molecule has 0 bridgehead atoms. The maximum Gasteiger partial charge on any atom is 0.0992 e. The summed E-state index contributed by atoms with van der Waals surface area (Å²) in [6.45, 7) is 7.55. The van der Waals surface area contributed by atoms with E-state index in [0.717, 1.165) is 18.7 Å². The zero-order chi connectivity index (χ0) is 14.3. The topological polar surface area (TPSA) is 45.0 Å². The Morgan fingerprint density at radius 1 is 1.40 bits per heavy atom. The quantitative estimate of drug-likeness (QED) is 0.894. The molecule has 1 N–H and O–H groups in total. The molecule has 0 amide bonds. The van der Waals surface area contributed by atoms with Crippen LogP contribution >= 0.6 is 0 Å². The van der Waals surface area contributed by atoms with Crippen LogP contribution in [0.15, 0.2) is 18.2 Å². The van der Waals surface area contributed by atoms with Crippen molar-refractivity contribution >= 4 is 5.69 Å². The van der Waals surface area contributed by atoms with Crippen LogP contribution in [0.2, 0.25) is 0 Å². The van der Waals surface area contributed by atoms with Crippen molar-refractivity contribution in [2.75, 3.05) is 11.9 Å². The minimum atomic E-state index is 0.153. The highest BCUT2D eigenvalue weighted by molar-refractivity contribution is 5.56. The lowest BCUT2D eigenvalue weighted by Gasteiger charge is -2.60. The molecule has 1 saturated carbocycles. The Labute approximate surface area is 120 Å². The van der Waals surface area contributed by atoms with Crippen molar-refractivity contribution in [2.45, 2.75) is 45.8 Å². The maximum atomic E-state index is 9.05. The smallest absolute Gasteiger partial charge is 0.0992 e. The van der Waals surface area contributed by atoms with Crippen LogP contribution in [0.3, 0.4) is 0 Å². The standard InChI is InChI=1S/C17H22N2O/c1-11-6-7-12(10-18)9-14(11)19-15-13-5-4-8-20-16(13)17(15,2)3/h6-7,9,13,15-16,19H,4-5,8H2,1-3H3. The second-order valence-electron chi connectivity index (χ2n) is 6.68. The van der Waals surface area contributed by atoms with Gasteiger partial charge in [0.15, 0.2) is 0 Å². The normalized spacial score (nSPS) is 30.8. The molecule has 3 unspecified atom stereocenters. The molecule has 0 aromatic heterocycles. The Hall–Kier alpha value is -1.53. The third kappa shape index (κ3) is 1.99. The Kier molecular flexibility index (Phi) is 3.22. The molecule has 3 rings (SSSR count). The van der Waals surface area contributed by atoms with E-state index in [1.54, 1.807) is 0 Å². The molecule has 3 atom stereocenters. The van der Waals surface area contributed by atoms with Crippen LogP contribution in [0.1, 0.15) is 37.8 Å². The molecule has 1 aliphatic heterocycles. The highest BCUT2D eigenvalue weighted by atomic mass is 16.5. The van der Waals surface area contributed by atoms with E-state index in [0.29, 0.717) is 23.6 Å². The molecule has 106 valence electrons. The lowest BCUT2D eigenvalue weighted by Crippen LogP contribution is -2.67. The molecule has 3 nitrogen and oxygen atoms in total. The van der Waals surface area contributed by atoms with E-state index >= 15 is 0 Å². The van der Waals surface area contributed by atoms with Crippen LogP contribution in [0.25, 0.3) is 0 Å². The van der Waals surface area contributed by atoms with Gasteiger partial charge in [-0.3, -0.25) is 0 Å². The number of fused-ring (bicyclic) bond motifs is 1. The van der Waals surface area contributed by atoms with Crippen molar-refractivity contribution < 1.29 is 4.74 Å². The van der Waals surface area contributed by atoms with Crippen LogP contribution in [-0.2, 0) is 4.74 Å². The number of anilines is 1. The molecule has 2 fully saturated rings. The minimum Gasteiger partial charge on any atom is -0.381 e.